The molecule has 0 radical (unpaired) electrons. The quantitative estimate of drug-likeness (QED) is 0.854. The fraction of sp³-hybridized carbons (Fsp3) is 0.375. The fourth-order valence-electron chi connectivity index (χ4n) is 0.902. The maximum atomic E-state index is 11.5. The van der Waals surface area contributed by atoms with Gasteiger partial charge in [0, 0.05) is 0 Å². The Labute approximate surface area is 109 Å². The van der Waals surface area contributed by atoms with Crippen molar-refractivity contribution in [3.05, 3.63) is 17.5 Å². The highest BCUT2D eigenvalue weighted by molar-refractivity contribution is 7.91. The second-order valence-electron chi connectivity index (χ2n) is 3.39. The molecule has 0 saturated heterocycles. The molecule has 1 aromatic heterocycles. The molecule has 0 aliphatic rings. The van der Waals surface area contributed by atoms with Crippen LogP contribution in [0, 0.1) is 0 Å². The van der Waals surface area contributed by atoms with Gasteiger partial charge in [-0.3, -0.25) is 4.98 Å². The molecule has 0 atom stereocenters. The number of hydrogen-bond donors (Lipinski definition) is 2. The number of aromatic nitrogens is 2. The lowest BCUT2D eigenvalue weighted by molar-refractivity contribution is 0.121. The van der Waals surface area contributed by atoms with Crippen LogP contribution in [0.1, 0.15) is 13.8 Å². The summed E-state index contributed by atoms with van der Waals surface area (Å²) < 4.78 is 31.2. The van der Waals surface area contributed by atoms with Gasteiger partial charge in [0.1, 0.15) is 5.15 Å². The normalized spacial score (nSPS) is 11.1. The van der Waals surface area contributed by atoms with Crippen molar-refractivity contribution in [3.63, 3.8) is 0 Å². The zero-order valence-electron chi connectivity index (χ0n) is 9.55. The highest BCUT2D eigenvalue weighted by Gasteiger charge is 2.17. The molecule has 18 heavy (non-hydrogen) atoms. The summed E-state index contributed by atoms with van der Waals surface area (Å²) >= 11 is 5.53. The molecule has 1 amide bonds. The van der Waals surface area contributed by atoms with Gasteiger partial charge in [0.25, 0.3) is 0 Å². The molecule has 0 saturated carbocycles. The maximum absolute atomic E-state index is 11.5. The summed E-state index contributed by atoms with van der Waals surface area (Å²) in [6.45, 7) is 3.17. The predicted octanol–water partition coefficient (Wildman–Crippen LogP) is 0.921. The predicted molar refractivity (Wildman–Crippen MR) is 64.3 cm³/mol. The van der Waals surface area contributed by atoms with Crippen LogP contribution in [0.25, 0.3) is 0 Å². The number of carbonyl (C=O) groups excluding carboxylic acids is 1. The van der Waals surface area contributed by atoms with Gasteiger partial charge in [-0.15, -0.1) is 0 Å². The van der Waals surface area contributed by atoms with E-state index < -0.39 is 22.4 Å². The van der Waals surface area contributed by atoms with E-state index in [1.165, 1.54) is 6.20 Å². The highest BCUT2D eigenvalue weighted by Crippen LogP contribution is 2.07. The summed E-state index contributed by atoms with van der Waals surface area (Å²) in [4.78, 5) is 18.4. The first-order chi connectivity index (χ1) is 8.28. The first kappa shape index (κ1) is 14.5. The molecule has 0 aromatic carbocycles. The minimum Gasteiger partial charge on any atom is -0.446 e. The van der Waals surface area contributed by atoms with Gasteiger partial charge in [-0.25, -0.2) is 19.2 Å². The second-order valence-corrected chi connectivity index (χ2v) is 5.19. The van der Waals surface area contributed by atoms with Crippen LogP contribution in [-0.2, 0) is 14.9 Å². The monoisotopic (exact) mass is 294 g/mol. The molecular weight excluding hydrogens is 284 g/mol. The Kier molecular flexibility index (Phi) is 4.68. The van der Waals surface area contributed by atoms with E-state index >= 15 is 0 Å². The van der Waals surface area contributed by atoms with Crippen molar-refractivity contribution < 1.29 is 17.9 Å². The first-order valence-electron chi connectivity index (χ1n) is 4.77. The van der Waals surface area contributed by atoms with Crippen LogP contribution in [0.3, 0.4) is 0 Å². The summed E-state index contributed by atoms with van der Waals surface area (Å²) in [5, 5.41) is 0.0138. The molecule has 0 bridgehead atoms. The third kappa shape index (κ3) is 5.15. The molecule has 8 nitrogen and oxygen atoms in total. The van der Waals surface area contributed by atoms with Crippen molar-refractivity contribution in [2.24, 2.45) is 0 Å². The molecule has 10 heteroatoms. The molecule has 1 rings (SSSR count). The van der Waals surface area contributed by atoms with Gasteiger partial charge in [0.15, 0.2) is 5.82 Å². The number of rotatable bonds is 4. The van der Waals surface area contributed by atoms with Gasteiger partial charge < -0.3 is 4.74 Å². The zero-order valence-corrected chi connectivity index (χ0v) is 11.1. The first-order valence-corrected chi connectivity index (χ1v) is 6.63. The molecule has 100 valence electrons. The third-order valence-electron chi connectivity index (χ3n) is 1.40. The lowest BCUT2D eigenvalue weighted by atomic mass is 10.5. The number of carbonyl (C=O) groups is 1. The average molecular weight is 295 g/mol. The molecule has 0 aliphatic heterocycles. The van der Waals surface area contributed by atoms with E-state index in [0.29, 0.717) is 0 Å². The Bertz CT molecular complexity index is 534. The number of ether oxygens (including phenoxy) is 1. The molecule has 1 heterocycles. The smallest absolute Gasteiger partial charge is 0.422 e. The summed E-state index contributed by atoms with van der Waals surface area (Å²) in [5.74, 6) is -0.118. The zero-order chi connectivity index (χ0) is 13.8. The van der Waals surface area contributed by atoms with Crippen LogP contribution in [0.5, 0.6) is 0 Å². The van der Waals surface area contributed by atoms with E-state index in [1.54, 1.807) is 18.6 Å². The number of nitrogens with zero attached hydrogens (tertiary/aromatic N) is 2. The number of halogens is 1. The minimum absolute atomic E-state index is 0.0138. The lowest BCUT2D eigenvalue weighted by Gasteiger charge is -2.10. The van der Waals surface area contributed by atoms with Crippen LogP contribution >= 0.6 is 11.6 Å². The van der Waals surface area contributed by atoms with Gasteiger partial charge in [0.05, 0.1) is 18.5 Å². The summed E-state index contributed by atoms with van der Waals surface area (Å²) in [6, 6.07) is 0. The third-order valence-corrected chi connectivity index (χ3v) is 2.50. The largest absolute Gasteiger partial charge is 0.446 e. The SMILES string of the molecule is CC(C)OC(=O)NS(=O)(=O)Nc1cncc(Cl)n1. The molecule has 0 unspecified atom stereocenters. The average Bonchev–Trinajstić information content (AvgIpc) is 2.13. The summed E-state index contributed by atoms with van der Waals surface area (Å²) in [6.07, 6.45) is 0.845. The summed E-state index contributed by atoms with van der Waals surface area (Å²) in [7, 11) is -4.13. The number of hydrogen-bond acceptors (Lipinski definition) is 6. The van der Waals surface area contributed by atoms with E-state index in [-0.39, 0.29) is 11.0 Å². The minimum atomic E-state index is -4.13. The molecule has 1 aromatic rings. The number of anilines is 1. The van der Waals surface area contributed by atoms with Crippen molar-refractivity contribution in [2.75, 3.05) is 4.72 Å². The van der Waals surface area contributed by atoms with Gasteiger partial charge in [-0.1, -0.05) is 11.6 Å². The van der Waals surface area contributed by atoms with E-state index in [2.05, 4.69) is 14.7 Å². The second kappa shape index (κ2) is 5.83. The Balaban J connectivity index is 2.68. The number of amides is 1. The topological polar surface area (TPSA) is 110 Å². The van der Waals surface area contributed by atoms with Crippen LogP contribution in [-0.4, -0.2) is 30.6 Å². The van der Waals surface area contributed by atoms with Gasteiger partial charge in [0.2, 0.25) is 0 Å². The molecular formula is C8H11ClN4O4S. The standard InChI is InChI=1S/C8H11ClN4O4S/c1-5(2)17-8(14)13-18(15,16)12-7-4-10-3-6(9)11-7/h3-5H,1-2H3,(H,11,12)(H,13,14). The van der Waals surface area contributed by atoms with E-state index in [9.17, 15) is 13.2 Å². The van der Waals surface area contributed by atoms with Gasteiger partial charge in [-0.2, -0.15) is 8.42 Å². The maximum Gasteiger partial charge on any atom is 0.422 e. The van der Waals surface area contributed by atoms with Crippen molar-refractivity contribution >= 4 is 33.7 Å². The van der Waals surface area contributed by atoms with Crippen LogP contribution in [0.15, 0.2) is 12.4 Å². The number of nitrogens with one attached hydrogen (secondary N) is 2. The van der Waals surface area contributed by atoms with Crippen molar-refractivity contribution in [1.29, 1.82) is 0 Å². The molecule has 0 spiro atoms. The van der Waals surface area contributed by atoms with Gasteiger partial charge >= 0.3 is 16.3 Å². The van der Waals surface area contributed by atoms with Gasteiger partial charge in [-0.05, 0) is 13.8 Å². The molecule has 2 N–H and O–H groups in total. The fourth-order valence-corrected chi connectivity index (χ4v) is 1.74. The van der Waals surface area contributed by atoms with Crippen molar-refractivity contribution in [3.8, 4) is 0 Å². The Morgan fingerprint density at radius 1 is 1.44 bits per heavy atom. The van der Waals surface area contributed by atoms with E-state index in [4.69, 9.17) is 11.6 Å². The van der Waals surface area contributed by atoms with E-state index in [0.717, 1.165) is 6.20 Å². The Morgan fingerprint density at radius 2 is 2.11 bits per heavy atom. The van der Waals surface area contributed by atoms with Crippen LogP contribution in [0.4, 0.5) is 10.6 Å². The molecule has 0 fully saturated rings. The molecule has 0 aliphatic carbocycles. The lowest BCUT2D eigenvalue weighted by Crippen LogP contribution is -2.37. The highest BCUT2D eigenvalue weighted by atomic mass is 35.5. The van der Waals surface area contributed by atoms with Crippen LogP contribution < -0.4 is 9.44 Å². The van der Waals surface area contributed by atoms with Crippen LogP contribution in [0.2, 0.25) is 5.15 Å². The Hall–Kier alpha value is -1.61. The van der Waals surface area contributed by atoms with Crippen molar-refractivity contribution in [2.45, 2.75) is 20.0 Å². The van der Waals surface area contributed by atoms with Crippen molar-refractivity contribution in [1.82, 2.24) is 14.7 Å². The van der Waals surface area contributed by atoms with E-state index in [1.807, 2.05) is 4.72 Å². The Morgan fingerprint density at radius 3 is 2.67 bits per heavy atom. The summed E-state index contributed by atoms with van der Waals surface area (Å²) in [5.41, 5.74) is 0.